The molecule has 130 valence electrons. The zero-order valence-electron chi connectivity index (χ0n) is 14.3. The van der Waals surface area contributed by atoms with E-state index in [1.54, 1.807) is 31.2 Å². The maximum atomic E-state index is 12.5. The summed E-state index contributed by atoms with van der Waals surface area (Å²) in [5.41, 5.74) is 1.80. The molecule has 1 aliphatic heterocycles. The van der Waals surface area contributed by atoms with Crippen molar-refractivity contribution in [2.24, 2.45) is 0 Å². The van der Waals surface area contributed by atoms with Crippen LogP contribution in [0.5, 0.6) is 5.75 Å². The topological polar surface area (TPSA) is 55.4 Å². The number of nitrogens with one attached hydrogen (secondary N) is 1. The molecule has 2 atom stereocenters. The largest absolute Gasteiger partial charge is 0.481 e. The predicted octanol–water partition coefficient (Wildman–Crippen LogP) is 4.01. The summed E-state index contributed by atoms with van der Waals surface area (Å²) in [6.07, 6.45) is 0.304. The van der Waals surface area contributed by atoms with Gasteiger partial charge in [-0.25, -0.2) is 0 Å². The van der Waals surface area contributed by atoms with Gasteiger partial charge in [-0.3, -0.25) is 9.59 Å². The standard InChI is InChI=1S/C20H21NO3S/c1-13(22)15-7-9-16(10-8-15)24-14(2)20(23)21-18-11-12-25-19-6-4-3-5-17(18)19/h3-10,14,18H,11-12H2,1-2H3,(H,21,23)/t14-,18-/m1/s1. The lowest BCUT2D eigenvalue weighted by Crippen LogP contribution is -2.39. The minimum Gasteiger partial charge on any atom is -0.481 e. The van der Waals surface area contributed by atoms with Crippen molar-refractivity contribution in [3.05, 3.63) is 59.7 Å². The highest BCUT2D eigenvalue weighted by Crippen LogP contribution is 2.35. The molecule has 4 nitrogen and oxygen atoms in total. The van der Waals surface area contributed by atoms with Gasteiger partial charge in [0.25, 0.3) is 5.91 Å². The number of hydrogen-bond donors (Lipinski definition) is 1. The number of Topliss-reactive ketones (excluding diaryl/α,β-unsaturated/α-hetero) is 1. The smallest absolute Gasteiger partial charge is 0.261 e. The maximum Gasteiger partial charge on any atom is 0.261 e. The van der Waals surface area contributed by atoms with Crippen LogP contribution < -0.4 is 10.1 Å². The highest BCUT2D eigenvalue weighted by atomic mass is 32.2. The number of ether oxygens (including phenoxy) is 1. The quantitative estimate of drug-likeness (QED) is 0.824. The molecule has 3 rings (SSSR count). The lowest BCUT2D eigenvalue weighted by Gasteiger charge is -2.27. The van der Waals surface area contributed by atoms with Crippen LogP contribution in [0.3, 0.4) is 0 Å². The van der Waals surface area contributed by atoms with Gasteiger partial charge in [-0.05, 0) is 56.2 Å². The third-order valence-electron chi connectivity index (χ3n) is 4.22. The molecule has 0 radical (unpaired) electrons. The first-order chi connectivity index (χ1) is 12.0. The SMILES string of the molecule is CC(=O)c1ccc(O[C@H](C)C(=O)N[C@@H]2CCSc3ccccc32)cc1. The molecule has 0 saturated heterocycles. The molecule has 1 aliphatic rings. The van der Waals surface area contributed by atoms with Gasteiger partial charge in [0, 0.05) is 16.2 Å². The van der Waals surface area contributed by atoms with Crippen LogP contribution in [0.15, 0.2) is 53.4 Å². The average Bonchev–Trinajstić information content (AvgIpc) is 2.62. The highest BCUT2D eigenvalue weighted by molar-refractivity contribution is 7.99. The molecule has 0 saturated carbocycles. The molecule has 0 aliphatic carbocycles. The molecule has 0 unspecified atom stereocenters. The molecule has 5 heteroatoms. The first-order valence-electron chi connectivity index (χ1n) is 8.34. The van der Waals surface area contributed by atoms with Gasteiger partial charge >= 0.3 is 0 Å². The highest BCUT2D eigenvalue weighted by Gasteiger charge is 2.24. The second-order valence-electron chi connectivity index (χ2n) is 6.08. The molecular weight excluding hydrogens is 334 g/mol. The Morgan fingerprint density at radius 1 is 1.16 bits per heavy atom. The van der Waals surface area contributed by atoms with Crippen molar-refractivity contribution < 1.29 is 14.3 Å². The Hall–Kier alpha value is -2.27. The van der Waals surface area contributed by atoms with Crippen molar-refractivity contribution in [1.29, 1.82) is 0 Å². The molecule has 1 heterocycles. The van der Waals surface area contributed by atoms with E-state index in [1.165, 1.54) is 17.4 Å². The Balaban J connectivity index is 1.62. The molecule has 0 aromatic heterocycles. The van der Waals surface area contributed by atoms with Crippen LogP contribution in [0.2, 0.25) is 0 Å². The Labute approximate surface area is 152 Å². The fraction of sp³-hybridized carbons (Fsp3) is 0.300. The number of carbonyl (C=O) groups is 2. The summed E-state index contributed by atoms with van der Waals surface area (Å²) in [7, 11) is 0. The van der Waals surface area contributed by atoms with Gasteiger partial charge in [-0.1, -0.05) is 18.2 Å². The van der Waals surface area contributed by atoms with Crippen molar-refractivity contribution >= 4 is 23.5 Å². The maximum absolute atomic E-state index is 12.5. The third kappa shape index (κ3) is 4.23. The van der Waals surface area contributed by atoms with E-state index in [4.69, 9.17) is 4.74 Å². The van der Waals surface area contributed by atoms with Gasteiger partial charge in [0.2, 0.25) is 0 Å². The number of hydrogen-bond acceptors (Lipinski definition) is 4. The van der Waals surface area contributed by atoms with Crippen molar-refractivity contribution in [3.8, 4) is 5.75 Å². The van der Waals surface area contributed by atoms with E-state index < -0.39 is 6.10 Å². The predicted molar refractivity (Wildman–Crippen MR) is 99.2 cm³/mol. The number of ketones is 1. The summed E-state index contributed by atoms with van der Waals surface area (Å²) < 4.78 is 5.71. The van der Waals surface area contributed by atoms with Gasteiger partial charge in [0.15, 0.2) is 11.9 Å². The third-order valence-corrected chi connectivity index (χ3v) is 5.34. The fourth-order valence-corrected chi connectivity index (χ4v) is 3.93. The van der Waals surface area contributed by atoms with Crippen molar-refractivity contribution in [2.45, 2.75) is 37.3 Å². The number of fused-ring (bicyclic) bond motifs is 1. The summed E-state index contributed by atoms with van der Waals surface area (Å²) >= 11 is 1.82. The second-order valence-corrected chi connectivity index (χ2v) is 7.21. The molecule has 2 aromatic carbocycles. The van der Waals surface area contributed by atoms with Crippen LogP contribution in [0, 0.1) is 0 Å². The number of rotatable bonds is 5. The minimum absolute atomic E-state index is 0.00572. The number of thioether (sulfide) groups is 1. The van der Waals surface area contributed by atoms with E-state index in [1.807, 2.05) is 23.9 Å². The lowest BCUT2D eigenvalue weighted by atomic mass is 10.0. The van der Waals surface area contributed by atoms with Crippen molar-refractivity contribution in [2.75, 3.05) is 5.75 Å². The number of carbonyl (C=O) groups excluding carboxylic acids is 2. The Morgan fingerprint density at radius 2 is 1.88 bits per heavy atom. The van der Waals surface area contributed by atoms with E-state index in [0.29, 0.717) is 11.3 Å². The number of benzene rings is 2. The van der Waals surface area contributed by atoms with E-state index in [-0.39, 0.29) is 17.7 Å². The van der Waals surface area contributed by atoms with Crippen LogP contribution in [-0.4, -0.2) is 23.5 Å². The zero-order chi connectivity index (χ0) is 17.8. The Bertz CT molecular complexity index is 773. The van der Waals surface area contributed by atoms with E-state index in [2.05, 4.69) is 17.4 Å². The number of amides is 1. The first-order valence-corrected chi connectivity index (χ1v) is 9.33. The van der Waals surface area contributed by atoms with Crippen LogP contribution in [0.25, 0.3) is 0 Å². The Kier molecular flexibility index (Phi) is 5.43. The van der Waals surface area contributed by atoms with Gasteiger partial charge in [-0.2, -0.15) is 0 Å². The molecule has 2 aromatic rings. The minimum atomic E-state index is -0.607. The normalized spacial score (nSPS) is 17.3. The molecule has 1 amide bonds. The van der Waals surface area contributed by atoms with Gasteiger partial charge in [0.05, 0.1) is 6.04 Å². The Morgan fingerprint density at radius 3 is 2.60 bits per heavy atom. The summed E-state index contributed by atoms with van der Waals surface area (Å²) in [5.74, 6) is 1.43. The lowest BCUT2D eigenvalue weighted by molar-refractivity contribution is -0.128. The van der Waals surface area contributed by atoms with Crippen LogP contribution in [0.1, 0.15) is 42.2 Å². The molecular formula is C20H21NO3S. The molecule has 25 heavy (non-hydrogen) atoms. The molecule has 0 bridgehead atoms. The molecule has 1 N–H and O–H groups in total. The van der Waals surface area contributed by atoms with Crippen LogP contribution in [-0.2, 0) is 4.79 Å². The van der Waals surface area contributed by atoms with Crippen LogP contribution >= 0.6 is 11.8 Å². The summed E-state index contributed by atoms with van der Waals surface area (Å²) in [6, 6.07) is 15.0. The van der Waals surface area contributed by atoms with Crippen LogP contribution in [0.4, 0.5) is 0 Å². The van der Waals surface area contributed by atoms with Crippen molar-refractivity contribution in [3.63, 3.8) is 0 Å². The summed E-state index contributed by atoms with van der Waals surface area (Å²) in [5, 5.41) is 3.09. The van der Waals surface area contributed by atoms with E-state index >= 15 is 0 Å². The summed E-state index contributed by atoms with van der Waals surface area (Å²) in [6.45, 7) is 3.25. The van der Waals surface area contributed by atoms with E-state index in [9.17, 15) is 9.59 Å². The second kappa shape index (κ2) is 7.74. The van der Waals surface area contributed by atoms with Crippen molar-refractivity contribution in [1.82, 2.24) is 5.32 Å². The van der Waals surface area contributed by atoms with E-state index in [0.717, 1.165) is 12.2 Å². The van der Waals surface area contributed by atoms with Gasteiger partial charge < -0.3 is 10.1 Å². The summed E-state index contributed by atoms with van der Waals surface area (Å²) in [4.78, 5) is 25.0. The first kappa shape index (κ1) is 17.5. The van der Waals surface area contributed by atoms with Gasteiger partial charge in [0.1, 0.15) is 5.75 Å². The molecule has 0 spiro atoms. The fourth-order valence-electron chi connectivity index (χ4n) is 2.81. The monoisotopic (exact) mass is 355 g/mol. The average molecular weight is 355 g/mol. The zero-order valence-corrected chi connectivity index (χ0v) is 15.1. The van der Waals surface area contributed by atoms with Gasteiger partial charge in [-0.15, -0.1) is 11.8 Å². The molecule has 0 fully saturated rings.